The van der Waals surface area contributed by atoms with Gasteiger partial charge in [0.2, 0.25) is 0 Å². The molecule has 0 amide bonds. The van der Waals surface area contributed by atoms with Crippen LogP contribution in [0.3, 0.4) is 0 Å². The van der Waals surface area contributed by atoms with Crippen LogP contribution in [0.1, 0.15) is 17.0 Å². The number of aryl methyl sites for hydroxylation is 1. The molecule has 2 aromatic rings. The number of carboxylic acids is 1. The average Bonchev–Trinajstić information content (AvgIpc) is 2.46. The molecule has 0 aromatic heterocycles. The number of carboxylic acid groups (broad SMARTS) is 1. The highest BCUT2D eigenvalue weighted by atomic mass is 32.2. The molecule has 0 aliphatic rings. The van der Waals surface area contributed by atoms with Crippen LogP contribution >= 0.6 is 0 Å². The molecule has 2 rings (SSSR count). The molecule has 104 valence electrons. The van der Waals surface area contributed by atoms with Gasteiger partial charge in [-0.1, -0.05) is 48.0 Å². The average molecular weight is 288 g/mol. The Kier molecular flexibility index (Phi) is 4.69. The molecule has 3 nitrogen and oxygen atoms in total. The van der Waals surface area contributed by atoms with E-state index in [9.17, 15) is 14.1 Å². The Morgan fingerprint density at radius 2 is 1.70 bits per heavy atom. The minimum absolute atomic E-state index is 0.0857. The summed E-state index contributed by atoms with van der Waals surface area (Å²) >= 11 is 0. The summed E-state index contributed by atoms with van der Waals surface area (Å²) in [6, 6.07) is 16.3. The van der Waals surface area contributed by atoms with Gasteiger partial charge in [0.25, 0.3) is 0 Å². The molecule has 0 bridgehead atoms. The topological polar surface area (TPSA) is 54.4 Å². The highest BCUT2D eigenvalue weighted by Crippen LogP contribution is 2.20. The van der Waals surface area contributed by atoms with Gasteiger partial charge in [0, 0.05) is 10.6 Å². The van der Waals surface area contributed by atoms with Crippen molar-refractivity contribution in [3.63, 3.8) is 0 Å². The maximum Gasteiger partial charge on any atom is 0.311 e. The first-order chi connectivity index (χ1) is 9.58. The molecule has 0 saturated heterocycles. The fourth-order valence-corrected chi connectivity index (χ4v) is 3.20. The van der Waals surface area contributed by atoms with Gasteiger partial charge in [-0.05, 0) is 24.6 Å². The van der Waals surface area contributed by atoms with Crippen LogP contribution in [0.25, 0.3) is 0 Å². The van der Waals surface area contributed by atoms with Crippen molar-refractivity contribution in [1.82, 2.24) is 0 Å². The van der Waals surface area contributed by atoms with Gasteiger partial charge in [0.05, 0.1) is 16.7 Å². The zero-order chi connectivity index (χ0) is 14.5. The number of aliphatic carboxylic acids is 1. The Morgan fingerprint density at radius 1 is 1.10 bits per heavy atom. The molecule has 0 aliphatic carbocycles. The van der Waals surface area contributed by atoms with Gasteiger partial charge >= 0.3 is 5.97 Å². The smallest absolute Gasteiger partial charge is 0.311 e. The Hall–Kier alpha value is -1.94. The summed E-state index contributed by atoms with van der Waals surface area (Å²) in [5, 5.41) is 9.33. The summed E-state index contributed by atoms with van der Waals surface area (Å²) < 4.78 is 12.3. The third-order valence-corrected chi connectivity index (χ3v) is 4.54. The molecular weight excluding hydrogens is 272 g/mol. The predicted molar refractivity (Wildman–Crippen MR) is 79.3 cm³/mol. The molecule has 4 heteroatoms. The second-order valence-corrected chi connectivity index (χ2v) is 6.12. The molecule has 0 radical (unpaired) electrons. The molecule has 2 aromatic carbocycles. The standard InChI is InChI=1S/C16H16O3S/c1-12-7-9-14(10-8-12)20(19)11-15(16(17)18)13-5-3-2-4-6-13/h2-10,15H,11H2,1H3,(H,17,18). The van der Waals surface area contributed by atoms with E-state index in [1.54, 1.807) is 36.4 Å². The maximum absolute atomic E-state index is 12.3. The van der Waals surface area contributed by atoms with Crippen molar-refractivity contribution in [3.05, 3.63) is 65.7 Å². The van der Waals surface area contributed by atoms with E-state index in [4.69, 9.17) is 0 Å². The number of benzene rings is 2. The van der Waals surface area contributed by atoms with Gasteiger partial charge in [-0.3, -0.25) is 9.00 Å². The van der Waals surface area contributed by atoms with Gasteiger partial charge in [-0.15, -0.1) is 0 Å². The zero-order valence-electron chi connectivity index (χ0n) is 11.2. The van der Waals surface area contributed by atoms with E-state index in [0.717, 1.165) is 5.56 Å². The minimum atomic E-state index is -1.32. The first-order valence-electron chi connectivity index (χ1n) is 6.30. The van der Waals surface area contributed by atoms with E-state index in [2.05, 4.69) is 0 Å². The van der Waals surface area contributed by atoms with Gasteiger partial charge in [-0.2, -0.15) is 0 Å². The van der Waals surface area contributed by atoms with Crippen molar-refractivity contribution in [1.29, 1.82) is 0 Å². The van der Waals surface area contributed by atoms with Crippen LogP contribution in [0.15, 0.2) is 59.5 Å². The molecule has 0 aliphatic heterocycles. The normalized spacial score (nSPS) is 13.7. The summed E-state index contributed by atoms with van der Waals surface area (Å²) in [6.45, 7) is 1.96. The Balaban J connectivity index is 2.19. The molecule has 2 unspecified atom stereocenters. The van der Waals surface area contributed by atoms with Crippen LogP contribution in [-0.4, -0.2) is 21.0 Å². The Labute approximate surface area is 120 Å². The molecule has 0 spiro atoms. The number of carbonyl (C=O) groups is 1. The van der Waals surface area contributed by atoms with Crippen molar-refractivity contribution >= 4 is 16.8 Å². The van der Waals surface area contributed by atoms with Gasteiger partial charge < -0.3 is 5.11 Å². The van der Waals surface area contributed by atoms with Gasteiger partial charge in [0.15, 0.2) is 0 Å². The molecule has 2 atom stereocenters. The lowest BCUT2D eigenvalue weighted by atomic mass is 10.0. The van der Waals surface area contributed by atoms with Crippen LogP contribution in [0.4, 0.5) is 0 Å². The minimum Gasteiger partial charge on any atom is -0.481 e. The Morgan fingerprint density at radius 3 is 2.25 bits per heavy atom. The third kappa shape index (κ3) is 3.54. The van der Waals surface area contributed by atoms with Crippen LogP contribution in [-0.2, 0) is 15.6 Å². The molecule has 0 heterocycles. The lowest BCUT2D eigenvalue weighted by Gasteiger charge is -2.12. The van der Waals surface area contributed by atoms with Crippen LogP contribution < -0.4 is 0 Å². The summed E-state index contributed by atoms with van der Waals surface area (Å²) in [5.74, 6) is -1.61. The van der Waals surface area contributed by atoms with Crippen molar-refractivity contribution in [2.75, 3.05) is 5.75 Å². The van der Waals surface area contributed by atoms with Crippen LogP contribution in [0.5, 0.6) is 0 Å². The second-order valence-electron chi connectivity index (χ2n) is 4.63. The first kappa shape index (κ1) is 14.5. The first-order valence-corrected chi connectivity index (χ1v) is 7.62. The highest BCUT2D eigenvalue weighted by Gasteiger charge is 2.23. The summed E-state index contributed by atoms with van der Waals surface area (Å²) in [7, 11) is -1.32. The van der Waals surface area contributed by atoms with Crippen molar-refractivity contribution in [3.8, 4) is 0 Å². The summed E-state index contributed by atoms with van der Waals surface area (Å²) in [5.41, 5.74) is 1.77. The largest absolute Gasteiger partial charge is 0.481 e. The molecule has 20 heavy (non-hydrogen) atoms. The molecule has 0 saturated carbocycles. The van der Waals surface area contributed by atoms with Crippen LogP contribution in [0, 0.1) is 6.92 Å². The predicted octanol–water partition coefficient (Wildman–Crippen LogP) is 2.97. The molecule has 0 fully saturated rings. The lowest BCUT2D eigenvalue weighted by Crippen LogP contribution is -2.18. The van der Waals surface area contributed by atoms with Crippen molar-refractivity contribution < 1.29 is 14.1 Å². The number of hydrogen-bond acceptors (Lipinski definition) is 2. The Bertz CT molecular complexity index is 605. The lowest BCUT2D eigenvalue weighted by molar-refractivity contribution is -0.138. The zero-order valence-corrected chi connectivity index (χ0v) is 12.0. The highest BCUT2D eigenvalue weighted by molar-refractivity contribution is 7.85. The van der Waals surface area contributed by atoms with Crippen LogP contribution in [0.2, 0.25) is 0 Å². The van der Waals surface area contributed by atoms with Gasteiger partial charge in [-0.25, -0.2) is 0 Å². The van der Waals surface area contributed by atoms with Gasteiger partial charge in [0.1, 0.15) is 0 Å². The van der Waals surface area contributed by atoms with E-state index in [-0.39, 0.29) is 5.75 Å². The molecule has 1 N–H and O–H groups in total. The second kappa shape index (κ2) is 6.48. The van der Waals surface area contributed by atoms with Crippen molar-refractivity contribution in [2.45, 2.75) is 17.7 Å². The fraction of sp³-hybridized carbons (Fsp3) is 0.188. The SMILES string of the molecule is Cc1ccc(S(=O)CC(C(=O)O)c2ccccc2)cc1. The molecular formula is C16H16O3S. The maximum atomic E-state index is 12.3. The number of rotatable bonds is 5. The monoisotopic (exact) mass is 288 g/mol. The summed E-state index contributed by atoms with van der Waals surface area (Å²) in [6.07, 6.45) is 0. The van der Waals surface area contributed by atoms with Crippen molar-refractivity contribution in [2.24, 2.45) is 0 Å². The van der Waals surface area contributed by atoms with E-state index >= 15 is 0 Å². The third-order valence-electron chi connectivity index (χ3n) is 3.10. The van der Waals surface area contributed by atoms with E-state index in [1.165, 1.54) is 0 Å². The quantitative estimate of drug-likeness (QED) is 0.920. The fourth-order valence-electron chi connectivity index (χ4n) is 1.93. The van der Waals surface area contributed by atoms with E-state index < -0.39 is 22.7 Å². The number of hydrogen-bond donors (Lipinski definition) is 1. The summed E-state index contributed by atoms with van der Waals surface area (Å²) in [4.78, 5) is 12.1. The van der Waals surface area contributed by atoms with E-state index in [1.807, 2.05) is 25.1 Å². The van der Waals surface area contributed by atoms with E-state index in [0.29, 0.717) is 10.5 Å².